The zero-order chi connectivity index (χ0) is 10.2. The van der Waals surface area contributed by atoms with Gasteiger partial charge in [0.25, 0.3) is 0 Å². The predicted molar refractivity (Wildman–Crippen MR) is 39.5 cm³/mol. The maximum absolute atomic E-state index is 11.9. The van der Waals surface area contributed by atoms with E-state index in [0.29, 0.717) is 0 Å². The van der Waals surface area contributed by atoms with E-state index in [1.54, 1.807) is 20.8 Å². The monoisotopic (exact) mass is 185 g/mol. The molecule has 74 valence electrons. The van der Waals surface area contributed by atoms with Gasteiger partial charge in [0.05, 0.1) is 0 Å². The van der Waals surface area contributed by atoms with Gasteiger partial charge in [0.2, 0.25) is 0 Å². The SMILES string of the molecule is CC(C)(C)C(N)C(O)C(F)(F)F. The summed E-state index contributed by atoms with van der Waals surface area (Å²) in [5.74, 6) is 0. The molecule has 2 nitrogen and oxygen atoms in total. The zero-order valence-electron chi connectivity index (χ0n) is 7.31. The van der Waals surface area contributed by atoms with Gasteiger partial charge < -0.3 is 10.8 Å². The molecular formula is C7H14F3NO. The number of rotatable bonds is 1. The highest BCUT2D eigenvalue weighted by Gasteiger charge is 2.45. The molecule has 0 rings (SSSR count). The van der Waals surface area contributed by atoms with E-state index < -0.39 is 23.7 Å². The number of hydrogen-bond acceptors (Lipinski definition) is 2. The lowest BCUT2D eigenvalue weighted by atomic mass is 9.84. The Hall–Kier alpha value is -0.290. The standard InChI is InChI=1S/C7H14F3NO/c1-6(2,3)4(11)5(12)7(8,9)10/h4-5,12H,11H2,1-3H3. The van der Waals surface area contributed by atoms with Crippen LogP contribution in [0.2, 0.25) is 0 Å². The molecule has 0 aromatic rings. The number of aliphatic hydroxyl groups is 1. The molecule has 2 unspecified atom stereocenters. The first-order chi connectivity index (χ1) is 5.07. The van der Waals surface area contributed by atoms with Crippen LogP contribution in [0.3, 0.4) is 0 Å². The molecule has 0 saturated heterocycles. The van der Waals surface area contributed by atoms with Crippen LogP contribution in [0.1, 0.15) is 20.8 Å². The maximum atomic E-state index is 11.9. The van der Waals surface area contributed by atoms with Gasteiger partial charge in [-0.15, -0.1) is 0 Å². The van der Waals surface area contributed by atoms with Crippen LogP contribution in [0.5, 0.6) is 0 Å². The summed E-state index contributed by atoms with van der Waals surface area (Å²) in [6.07, 6.45) is -7.08. The average molecular weight is 185 g/mol. The van der Waals surface area contributed by atoms with Crippen LogP contribution in [0.25, 0.3) is 0 Å². The molecule has 0 bridgehead atoms. The Morgan fingerprint density at radius 3 is 1.58 bits per heavy atom. The van der Waals surface area contributed by atoms with Crippen LogP contribution in [0, 0.1) is 5.41 Å². The third-order valence-corrected chi connectivity index (χ3v) is 1.68. The van der Waals surface area contributed by atoms with Crippen LogP contribution < -0.4 is 5.73 Å². The van der Waals surface area contributed by atoms with Crippen LogP contribution in [-0.2, 0) is 0 Å². The van der Waals surface area contributed by atoms with Crippen molar-refractivity contribution in [3.8, 4) is 0 Å². The van der Waals surface area contributed by atoms with Gasteiger partial charge in [-0.3, -0.25) is 0 Å². The second-order valence-corrected chi connectivity index (χ2v) is 3.88. The lowest BCUT2D eigenvalue weighted by molar-refractivity contribution is -0.216. The van der Waals surface area contributed by atoms with Gasteiger partial charge in [0.15, 0.2) is 6.10 Å². The van der Waals surface area contributed by atoms with Crippen LogP contribution in [0.15, 0.2) is 0 Å². The molecule has 2 atom stereocenters. The summed E-state index contributed by atoms with van der Waals surface area (Å²) in [6.45, 7) is 4.64. The number of alkyl halides is 3. The summed E-state index contributed by atoms with van der Waals surface area (Å²) < 4.78 is 35.7. The normalized spacial score (nSPS) is 19.0. The van der Waals surface area contributed by atoms with Gasteiger partial charge in [0.1, 0.15) is 0 Å². The van der Waals surface area contributed by atoms with Crippen molar-refractivity contribution in [3.05, 3.63) is 0 Å². The molecular weight excluding hydrogens is 171 g/mol. The van der Waals surface area contributed by atoms with Gasteiger partial charge in [-0.25, -0.2) is 0 Å². The summed E-state index contributed by atoms with van der Waals surface area (Å²) in [4.78, 5) is 0. The minimum absolute atomic E-state index is 0.755. The zero-order valence-corrected chi connectivity index (χ0v) is 7.31. The Kier molecular flexibility index (Phi) is 3.14. The molecule has 0 fully saturated rings. The van der Waals surface area contributed by atoms with Crippen molar-refractivity contribution in [2.75, 3.05) is 0 Å². The highest BCUT2D eigenvalue weighted by Crippen LogP contribution is 2.29. The molecule has 0 aliphatic rings. The van der Waals surface area contributed by atoms with Crippen molar-refractivity contribution in [1.82, 2.24) is 0 Å². The van der Waals surface area contributed by atoms with E-state index in [9.17, 15) is 13.2 Å². The van der Waals surface area contributed by atoms with Crippen LogP contribution in [-0.4, -0.2) is 23.4 Å². The highest BCUT2D eigenvalue weighted by molar-refractivity contribution is 4.87. The van der Waals surface area contributed by atoms with E-state index in [-0.39, 0.29) is 0 Å². The molecule has 3 N–H and O–H groups in total. The minimum Gasteiger partial charge on any atom is -0.382 e. The molecule has 5 heteroatoms. The maximum Gasteiger partial charge on any atom is 0.415 e. The summed E-state index contributed by atoms with van der Waals surface area (Å²) in [5.41, 5.74) is 4.46. The topological polar surface area (TPSA) is 46.2 Å². The van der Waals surface area contributed by atoms with E-state index in [1.807, 2.05) is 0 Å². The smallest absolute Gasteiger partial charge is 0.382 e. The Morgan fingerprint density at radius 1 is 1.17 bits per heavy atom. The van der Waals surface area contributed by atoms with Crippen molar-refractivity contribution in [2.45, 2.75) is 39.1 Å². The molecule has 0 heterocycles. The largest absolute Gasteiger partial charge is 0.415 e. The first-order valence-corrected chi connectivity index (χ1v) is 3.57. The Balaban J connectivity index is 4.41. The van der Waals surface area contributed by atoms with E-state index in [1.165, 1.54) is 0 Å². The molecule has 0 aromatic carbocycles. The van der Waals surface area contributed by atoms with Crippen LogP contribution >= 0.6 is 0 Å². The lowest BCUT2D eigenvalue weighted by Crippen LogP contribution is -2.51. The molecule has 0 aliphatic carbocycles. The quantitative estimate of drug-likeness (QED) is 0.646. The third kappa shape index (κ3) is 2.98. The Morgan fingerprint density at radius 2 is 1.50 bits per heavy atom. The van der Waals surface area contributed by atoms with Crippen LogP contribution in [0.4, 0.5) is 13.2 Å². The third-order valence-electron chi connectivity index (χ3n) is 1.68. The highest BCUT2D eigenvalue weighted by atomic mass is 19.4. The van der Waals surface area contributed by atoms with Gasteiger partial charge in [0, 0.05) is 6.04 Å². The Labute approximate surface area is 69.6 Å². The minimum atomic E-state index is -4.63. The molecule has 0 aromatic heterocycles. The van der Waals surface area contributed by atoms with Gasteiger partial charge in [-0.1, -0.05) is 20.8 Å². The van der Waals surface area contributed by atoms with Crippen molar-refractivity contribution < 1.29 is 18.3 Å². The Bertz CT molecular complexity index is 132. The number of halogens is 3. The fourth-order valence-corrected chi connectivity index (χ4v) is 0.677. The summed E-state index contributed by atoms with van der Waals surface area (Å²) >= 11 is 0. The first-order valence-electron chi connectivity index (χ1n) is 3.57. The van der Waals surface area contributed by atoms with Crippen molar-refractivity contribution in [1.29, 1.82) is 0 Å². The van der Waals surface area contributed by atoms with E-state index in [0.717, 1.165) is 0 Å². The summed E-state index contributed by atoms with van der Waals surface area (Å²) in [7, 11) is 0. The van der Waals surface area contributed by atoms with E-state index in [4.69, 9.17) is 10.8 Å². The molecule has 0 saturated carbocycles. The average Bonchev–Trinajstić information content (AvgIpc) is 1.80. The molecule has 0 spiro atoms. The van der Waals surface area contributed by atoms with Gasteiger partial charge >= 0.3 is 6.18 Å². The van der Waals surface area contributed by atoms with E-state index >= 15 is 0 Å². The van der Waals surface area contributed by atoms with E-state index in [2.05, 4.69) is 0 Å². The van der Waals surface area contributed by atoms with Gasteiger partial charge in [-0.2, -0.15) is 13.2 Å². The van der Waals surface area contributed by atoms with Crippen molar-refractivity contribution in [3.63, 3.8) is 0 Å². The van der Waals surface area contributed by atoms with Gasteiger partial charge in [-0.05, 0) is 5.41 Å². The number of aliphatic hydroxyl groups excluding tert-OH is 1. The lowest BCUT2D eigenvalue weighted by Gasteiger charge is -2.31. The van der Waals surface area contributed by atoms with Crippen molar-refractivity contribution >= 4 is 0 Å². The van der Waals surface area contributed by atoms with Crippen molar-refractivity contribution in [2.24, 2.45) is 11.1 Å². The number of hydrogen-bond donors (Lipinski definition) is 2. The molecule has 0 radical (unpaired) electrons. The fraction of sp³-hybridized carbons (Fsp3) is 1.00. The number of nitrogens with two attached hydrogens (primary N) is 1. The molecule has 12 heavy (non-hydrogen) atoms. The fourth-order valence-electron chi connectivity index (χ4n) is 0.677. The summed E-state index contributed by atoms with van der Waals surface area (Å²) in [6, 6.07) is -1.29. The molecule has 0 amide bonds. The first kappa shape index (κ1) is 11.7. The predicted octanol–water partition coefficient (Wildman–Crippen LogP) is 1.28. The summed E-state index contributed by atoms with van der Waals surface area (Å²) in [5, 5.41) is 8.74. The second-order valence-electron chi connectivity index (χ2n) is 3.88. The second kappa shape index (κ2) is 3.22. The molecule has 0 aliphatic heterocycles.